The van der Waals surface area contributed by atoms with Gasteiger partial charge in [0.25, 0.3) is 5.91 Å². The smallest absolute Gasteiger partial charge is 0.341 e. The van der Waals surface area contributed by atoms with E-state index in [1.54, 1.807) is 31.2 Å². The average molecular weight is 303 g/mol. The third kappa shape index (κ3) is 3.31. The first-order valence-electron chi connectivity index (χ1n) is 6.68. The summed E-state index contributed by atoms with van der Waals surface area (Å²) in [6, 6.07) is 8.90. The molecule has 1 amide bonds. The molecular formula is C16H17NO3S. The van der Waals surface area contributed by atoms with Gasteiger partial charge in [0.15, 0.2) is 0 Å². The lowest BCUT2D eigenvalue weighted by Gasteiger charge is -2.07. The summed E-state index contributed by atoms with van der Waals surface area (Å²) in [5, 5.41) is 3.35. The second-order valence-corrected chi connectivity index (χ2v) is 5.75. The van der Waals surface area contributed by atoms with Gasteiger partial charge >= 0.3 is 5.97 Å². The van der Waals surface area contributed by atoms with E-state index in [0.717, 1.165) is 10.4 Å². The van der Waals surface area contributed by atoms with Crippen LogP contribution in [0, 0.1) is 13.8 Å². The summed E-state index contributed by atoms with van der Waals surface area (Å²) in [5.74, 6) is -0.634. The number of esters is 1. The Labute approximate surface area is 127 Å². The predicted octanol–water partition coefficient (Wildman–Crippen LogP) is 3.79. The first kappa shape index (κ1) is 15.3. The monoisotopic (exact) mass is 303 g/mol. The molecule has 21 heavy (non-hydrogen) atoms. The van der Waals surface area contributed by atoms with Gasteiger partial charge in [0.05, 0.1) is 12.2 Å². The fraction of sp³-hybridized carbons (Fsp3) is 0.250. The molecule has 2 rings (SSSR count). The number of carbonyl (C=O) groups is 2. The third-order valence-electron chi connectivity index (χ3n) is 3.13. The molecule has 0 saturated heterocycles. The number of benzene rings is 1. The topological polar surface area (TPSA) is 55.4 Å². The Kier molecular flexibility index (Phi) is 4.75. The van der Waals surface area contributed by atoms with E-state index in [1.807, 2.05) is 19.9 Å². The van der Waals surface area contributed by atoms with Crippen molar-refractivity contribution in [1.29, 1.82) is 0 Å². The Morgan fingerprint density at radius 1 is 1.19 bits per heavy atom. The van der Waals surface area contributed by atoms with E-state index in [2.05, 4.69) is 5.32 Å². The Bertz CT molecular complexity index is 662. The summed E-state index contributed by atoms with van der Waals surface area (Å²) in [6.07, 6.45) is 0. The van der Waals surface area contributed by atoms with Crippen LogP contribution >= 0.6 is 11.3 Å². The molecule has 1 aromatic heterocycles. The number of nitrogens with one attached hydrogen (secondary N) is 1. The van der Waals surface area contributed by atoms with Crippen LogP contribution in [0.4, 0.5) is 5.00 Å². The van der Waals surface area contributed by atoms with Gasteiger partial charge in [0.1, 0.15) is 5.00 Å². The zero-order chi connectivity index (χ0) is 15.4. The van der Waals surface area contributed by atoms with Gasteiger partial charge in [-0.05, 0) is 38.5 Å². The average Bonchev–Trinajstić information content (AvgIpc) is 2.75. The van der Waals surface area contributed by atoms with E-state index >= 15 is 0 Å². The van der Waals surface area contributed by atoms with Gasteiger partial charge in [0.2, 0.25) is 0 Å². The summed E-state index contributed by atoms with van der Waals surface area (Å²) in [7, 11) is 0. The second kappa shape index (κ2) is 6.54. The van der Waals surface area contributed by atoms with Crippen LogP contribution in [0.3, 0.4) is 0 Å². The standard InChI is InChI=1S/C16H17NO3S/c1-4-20-16(19)13-10(2)11(3)21-15(13)17-14(18)12-8-6-5-7-9-12/h5-9H,4H2,1-3H3,(H,17,18). The van der Waals surface area contributed by atoms with Gasteiger partial charge in [0, 0.05) is 10.4 Å². The summed E-state index contributed by atoms with van der Waals surface area (Å²) in [4.78, 5) is 25.2. The van der Waals surface area contributed by atoms with Crippen molar-refractivity contribution in [2.45, 2.75) is 20.8 Å². The molecule has 1 aromatic carbocycles. The van der Waals surface area contributed by atoms with Crippen molar-refractivity contribution < 1.29 is 14.3 Å². The van der Waals surface area contributed by atoms with Crippen LogP contribution in [-0.4, -0.2) is 18.5 Å². The van der Waals surface area contributed by atoms with Crippen LogP contribution in [-0.2, 0) is 4.74 Å². The molecule has 0 fully saturated rings. The number of hydrogen-bond donors (Lipinski definition) is 1. The van der Waals surface area contributed by atoms with Crippen molar-refractivity contribution in [3.63, 3.8) is 0 Å². The zero-order valence-electron chi connectivity index (χ0n) is 12.2. The van der Waals surface area contributed by atoms with Crippen LogP contribution in [0.2, 0.25) is 0 Å². The number of amides is 1. The Hall–Kier alpha value is -2.14. The Morgan fingerprint density at radius 3 is 2.48 bits per heavy atom. The van der Waals surface area contributed by atoms with Crippen LogP contribution < -0.4 is 5.32 Å². The predicted molar refractivity (Wildman–Crippen MR) is 84.1 cm³/mol. The number of hydrogen-bond acceptors (Lipinski definition) is 4. The maximum Gasteiger partial charge on any atom is 0.341 e. The van der Waals surface area contributed by atoms with Gasteiger partial charge in [-0.2, -0.15) is 0 Å². The molecule has 0 aliphatic rings. The molecule has 5 heteroatoms. The number of anilines is 1. The highest BCUT2D eigenvalue weighted by atomic mass is 32.1. The van der Waals surface area contributed by atoms with Crippen molar-refractivity contribution in [2.24, 2.45) is 0 Å². The molecule has 1 N–H and O–H groups in total. The number of rotatable bonds is 4. The molecular weight excluding hydrogens is 286 g/mol. The first-order valence-corrected chi connectivity index (χ1v) is 7.49. The molecule has 110 valence electrons. The lowest BCUT2D eigenvalue weighted by atomic mass is 10.1. The molecule has 0 radical (unpaired) electrons. The molecule has 2 aromatic rings. The van der Waals surface area contributed by atoms with Crippen molar-refractivity contribution in [2.75, 3.05) is 11.9 Å². The second-order valence-electron chi connectivity index (χ2n) is 4.53. The van der Waals surface area contributed by atoms with E-state index in [0.29, 0.717) is 22.7 Å². The summed E-state index contributed by atoms with van der Waals surface area (Å²) < 4.78 is 5.07. The number of thiophene rings is 1. The minimum absolute atomic E-state index is 0.234. The molecule has 1 heterocycles. The van der Waals surface area contributed by atoms with Crippen LogP contribution in [0.25, 0.3) is 0 Å². The van der Waals surface area contributed by atoms with E-state index in [1.165, 1.54) is 11.3 Å². The molecule has 0 atom stereocenters. The van der Waals surface area contributed by atoms with Gasteiger partial charge in [-0.1, -0.05) is 18.2 Å². The summed E-state index contributed by atoms with van der Waals surface area (Å²) in [5.41, 5.74) is 1.85. The molecule has 0 aliphatic carbocycles. The van der Waals surface area contributed by atoms with Crippen molar-refractivity contribution in [3.05, 3.63) is 51.9 Å². The molecule has 4 nitrogen and oxygen atoms in total. The number of ether oxygens (including phenoxy) is 1. The normalized spacial score (nSPS) is 10.2. The largest absolute Gasteiger partial charge is 0.462 e. The fourth-order valence-electron chi connectivity index (χ4n) is 1.93. The zero-order valence-corrected chi connectivity index (χ0v) is 13.0. The van der Waals surface area contributed by atoms with Crippen molar-refractivity contribution >= 4 is 28.2 Å². The SMILES string of the molecule is CCOC(=O)c1c(NC(=O)c2ccccc2)sc(C)c1C. The van der Waals surface area contributed by atoms with Crippen LogP contribution in [0.15, 0.2) is 30.3 Å². The third-order valence-corrected chi connectivity index (χ3v) is 4.25. The summed E-state index contributed by atoms with van der Waals surface area (Å²) in [6.45, 7) is 5.84. The maximum absolute atomic E-state index is 12.2. The highest BCUT2D eigenvalue weighted by Gasteiger charge is 2.22. The molecule has 0 unspecified atom stereocenters. The first-order chi connectivity index (χ1) is 10.0. The lowest BCUT2D eigenvalue weighted by molar-refractivity contribution is 0.0527. The summed E-state index contributed by atoms with van der Waals surface area (Å²) >= 11 is 1.39. The van der Waals surface area contributed by atoms with Gasteiger partial charge in [-0.3, -0.25) is 4.79 Å². The van der Waals surface area contributed by atoms with Crippen molar-refractivity contribution in [1.82, 2.24) is 0 Å². The van der Waals surface area contributed by atoms with E-state index in [4.69, 9.17) is 4.74 Å². The van der Waals surface area contributed by atoms with Crippen molar-refractivity contribution in [3.8, 4) is 0 Å². The van der Waals surface area contributed by atoms with Gasteiger partial charge in [-0.25, -0.2) is 4.79 Å². The fourth-order valence-corrected chi connectivity index (χ4v) is 2.97. The molecule has 0 bridgehead atoms. The molecule has 0 saturated carbocycles. The van der Waals surface area contributed by atoms with E-state index in [-0.39, 0.29) is 5.91 Å². The van der Waals surface area contributed by atoms with Gasteiger partial charge in [-0.15, -0.1) is 11.3 Å². The molecule has 0 aliphatic heterocycles. The Morgan fingerprint density at radius 2 is 1.86 bits per heavy atom. The van der Waals surface area contributed by atoms with Gasteiger partial charge < -0.3 is 10.1 Å². The number of carbonyl (C=O) groups excluding carboxylic acids is 2. The van der Waals surface area contributed by atoms with E-state index < -0.39 is 5.97 Å². The van der Waals surface area contributed by atoms with Crippen LogP contribution in [0.5, 0.6) is 0 Å². The Balaban J connectivity index is 2.30. The lowest BCUT2D eigenvalue weighted by Crippen LogP contribution is -2.14. The number of aryl methyl sites for hydroxylation is 1. The maximum atomic E-state index is 12.2. The molecule has 0 spiro atoms. The minimum atomic E-state index is -0.400. The quantitative estimate of drug-likeness (QED) is 0.874. The van der Waals surface area contributed by atoms with E-state index in [9.17, 15) is 9.59 Å². The minimum Gasteiger partial charge on any atom is -0.462 e. The highest BCUT2D eigenvalue weighted by Crippen LogP contribution is 2.33. The highest BCUT2D eigenvalue weighted by molar-refractivity contribution is 7.16. The van der Waals surface area contributed by atoms with Crippen LogP contribution in [0.1, 0.15) is 38.1 Å².